The van der Waals surface area contributed by atoms with Crippen LogP contribution in [-0.4, -0.2) is 90.2 Å². The van der Waals surface area contributed by atoms with Gasteiger partial charge in [0.2, 0.25) is 5.88 Å². The van der Waals surface area contributed by atoms with Crippen molar-refractivity contribution in [2.24, 2.45) is 7.05 Å². The molecule has 1 N–H and O–H groups in total. The number of aromatic nitrogens is 2. The molecule has 2 rings (SSSR count). The molecule has 0 aliphatic carbocycles. The zero-order chi connectivity index (χ0) is 16.1. The first-order valence-corrected chi connectivity index (χ1v) is 7.32. The zero-order valence-electron chi connectivity index (χ0n) is 13.4. The number of amides is 1. The Morgan fingerprint density at radius 2 is 2.41 bits per heavy atom. The quantitative estimate of drug-likeness (QED) is 0.740. The first-order chi connectivity index (χ1) is 10.6. The van der Waals surface area contributed by atoms with E-state index in [0.717, 1.165) is 0 Å². The van der Waals surface area contributed by atoms with E-state index in [1.807, 2.05) is 11.9 Å². The number of hydrogen-bond acceptors (Lipinski definition) is 6. The molecule has 0 unspecified atom stereocenters. The van der Waals surface area contributed by atoms with Crippen LogP contribution < -0.4 is 4.74 Å². The van der Waals surface area contributed by atoms with Gasteiger partial charge in [0.05, 0.1) is 33.0 Å². The van der Waals surface area contributed by atoms with Gasteiger partial charge < -0.3 is 24.4 Å². The molecule has 1 fully saturated rings. The number of aliphatic hydroxyl groups excluding tert-OH is 1. The van der Waals surface area contributed by atoms with Gasteiger partial charge in [0.1, 0.15) is 5.56 Å². The molecule has 1 atom stereocenters. The third-order valence-electron chi connectivity index (χ3n) is 3.71. The third kappa shape index (κ3) is 3.76. The van der Waals surface area contributed by atoms with E-state index in [4.69, 9.17) is 14.6 Å². The van der Waals surface area contributed by atoms with E-state index in [1.54, 1.807) is 22.8 Å². The molecule has 0 spiro atoms. The van der Waals surface area contributed by atoms with Crippen LogP contribution in [0.25, 0.3) is 0 Å². The first-order valence-electron chi connectivity index (χ1n) is 7.32. The fourth-order valence-corrected chi connectivity index (χ4v) is 2.62. The summed E-state index contributed by atoms with van der Waals surface area (Å²) in [7, 11) is 5.17. The number of carbonyl (C=O) groups excluding carboxylic acids is 1. The van der Waals surface area contributed by atoms with Crippen LogP contribution in [0.1, 0.15) is 10.4 Å². The summed E-state index contributed by atoms with van der Waals surface area (Å²) in [5.41, 5.74) is 0.460. The lowest BCUT2D eigenvalue weighted by Crippen LogP contribution is -2.53. The van der Waals surface area contributed by atoms with Crippen LogP contribution in [0.2, 0.25) is 0 Å². The lowest BCUT2D eigenvalue weighted by molar-refractivity contribution is -0.0110. The number of nitrogens with zero attached hydrogens (tertiary/aromatic N) is 4. The number of carbonyl (C=O) groups is 1. The highest BCUT2D eigenvalue weighted by atomic mass is 16.5. The largest absolute Gasteiger partial charge is 0.479 e. The van der Waals surface area contributed by atoms with Gasteiger partial charge in [-0.25, -0.2) is 0 Å². The molecule has 1 aromatic heterocycles. The predicted molar refractivity (Wildman–Crippen MR) is 80.0 cm³/mol. The lowest BCUT2D eigenvalue weighted by Gasteiger charge is -2.37. The van der Waals surface area contributed by atoms with Crippen molar-refractivity contribution in [3.63, 3.8) is 0 Å². The van der Waals surface area contributed by atoms with Gasteiger partial charge in [-0.05, 0) is 7.05 Å². The molecule has 1 aliphatic heterocycles. The predicted octanol–water partition coefficient (Wildman–Crippen LogP) is -0.806. The molecule has 0 saturated carbocycles. The number of methoxy groups -OCH3 is 1. The Balaban J connectivity index is 2.14. The SMILES string of the molecule is COc1nn(C)cc1C(=O)N1CCOC[C@H]1CN(C)CCO. The summed E-state index contributed by atoms with van der Waals surface area (Å²) in [5.74, 6) is 0.233. The summed E-state index contributed by atoms with van der Waals surface area (Å²) in [4.78, 5) is 16.6. The molecule has 22 heavy (non-hydrogen) atoms. The molecule has 0 aromatic carbocycles. The van der Waals surface area contributed by atoms with Crippen molar-refractivity contribution < 1.29 is 19.4 Å². The van der Waals surface area contributed by atoms with E-state index in [9.17, 15) is 4.79 Å². The van der Waals surface area contributed by atoms with Crippen molar-refractivity contribution in [3.05, 3.63) is 11.8 Å². The van der Waals surface area contributed by atoms with Crippen molar-refractivity contribution >= 4 is 5.91 Å². The minimum atomic E-state index is -0.101. The fourth-order valence-electron chi connectivity index (χ4n) is 2.62. The number of ether oxygens (including phenoxy) is 2. The number of rotatable bonds is 6. The van der Waals surface area contributed by atoms with E-state index in [2.05, 4.69) is 5.10 Å². The Hall–Kier alpha value is -1.64. The summed E-state index contributed by atoms with van der Waals surface area (Å²) in [5, 5.41) is 13.1. The van der Waals surface area contributed by atoms with E-state index in [1.165, 1.54) is 7.11 Å². The highest BCUT2D eigenvalue weighted by Crippen LogP contribution is 2.20. The second-order valence-corrected chi connectivity index (χ2v) is 5.44. The molecule has 1 saturated heterocycles. The number of hydrogen-bond donors (Lipinski definition) is 1. The summed E-state index contributed by atoms with van der Waals surface area (Å²) >= 11 is 0. The molecule has 8 heteroatoms. The minimum absolute atomic E-state index is 0.0530. The minimum Gasteiger partial charge on any atom is -0.479 e. The van der Waals surface area contributed by atoms with Gasteiger partial charge in [-0.15, -0.1) is 5.10 Å². The topological polar surface area (TPSA) is 80.1 Å². The van der Waals surface area contributed by atoms with Crippen LogP contribution in [0.3, 0.4) is 0 Å². The maximum absolute atomic E-state index is 12.8. The molecule has 2 heterocycles. The van der Waals surface area contributed by atoms with E-state index < -0.39 is 0 Å². The maximum atomic E-state index is 12.8. The van der Waals surface area contributed by atoms with Crippen molar-refractivity contribution in [1.29, 1.82) is 0 Å². The van der Waals surface area contributed by atoms with Crippen LogP contribution in [0.4, 0.5) is 0 Å². The Morgan fingerprint density at radius 3 is 3.09 bits per heavy atom. The summed E-state index contributed by atoms with van der Waals surface area (Å²) in [6.07, 6.45) is 1.67. The van der Waals surface area contributed by atoms with Crippen LogP contribution in [0, 0.1) is 0 Å². The first kappa shape index (κ1) is 16.7. The van der Waals surface area contributed by atoms with Crippen molar-refractivity contribution in [1.82, 2.24) is 19.6 Å². The van der Waals surface area contributed by atoms with Crippen LogP contribution in [0.15, 0.2) is 6.20 Å². The van der Waals surface area contributed by atoms with Gasteiger partial charge in [0.15, 0.2) is 0 Å². The van der Waals surface area contributed by atoms with Crippen molar-refractivity contribution in [2.75, 3.05) is 53.6 Å². The standard InChI is InChI=1S/C14H24N4O4/c1-16(4-6-19)8-11-10-22-7-5-18(11)14(20)12-9-17(2)15-13(12)21-3/h9,11,19H,4-8,10H2,1-3H3/t11-/m1/s1. The van der Waals surface area contributed by atoms with E-state index in [-0.39, 0.29) is 18.6 Å². The van der Waals surface area contributed by atoms with Crippen LogP contribution in [-0.2, 0) is 11.8 Å². The molecule has 0 bridgehead atoms. The number of morpholine rings is 1. The van der Waals surface area contributed by atoms with Gasteiger partial charge in [0, 0.05) is 32.9 Å². The Kier molecular flexibility index (Phi) is 5.76. The molecule has 124 valence electrons. The summed E-state index contributed by atoms with van der Waals surface area (Å²) < 4.78 is 12.3. The zero-order valence-corrected chi connectivity index (χ0v) is 13.4. The molecular formula is C14H24N4O4. The number of aliphatic hydroxyl groups is 1. The van der Waals surface area contributed by atoms with Gasteiger partial charge in [0.25, 0.3) is 5.91 Å². The highest BCUT2D eigenvalue weighted by molar-refractivity contribution is 5.96. The Morgan fingerprint density at radius 1 is 1.64 bits per heavy atom. The summed E-state index contributed by atoms with van der Waals surface area (Å²) in [6, 6.07) is -0.0530. The van der Waals surface area contributed by atoms with Crippen LogP contribution in [0.5, 0.6) is 5.88 Å². The average molecular weight is 312 g/mol. The van der Waals surface area contributed by atoms with E-state index in [0.29, 0.717) is 44.3 Å². The van der Waals surface area contributed by atoms with Gasteiger partial charge in [-0.1, -0.05) is 0 Å². The normalized spacial score (nSPS) is 18.8. The van der Waals surface area contributed by atoms with Gasteiger partial charge >= 0.3 is 0 Å². The number of likely N-dealkylation sites (N-methyl/N-ethyl adjacent to an activating group) is 1. The van der Waals surface area contributed by atoms with Gasteiger partial charge in [-0.3, -0.25) is 9.48 Å². The molecule has 0 radical (unpaired) electrons. The second-order valence-electron chi connectivity index (χ2n) is 5.44. The monoisotopic (exact) mass is 312 g/mol. The van der Waals surface area contributed by atoms with Gasteiger partial charge in [-0.2, -0.15) is 0 Å². The van der Waals surface area contributed by atoms with Crippen LogP contribution >= 0.6 is 0 Å². The average Bonchev–Trinajstić information content (AvgIpc) is 2.88. The molecule has 1 aliphatic rings. The highest BCUT2D eigenvalue weighted by Gasteiger charge is 2.31. The smallest absolute Gasteiger partial charge is 0.261 e. The van der Waals surface area contributed by atoms with Crippen molar-refractivity contribution in [2.45, 2.75) is 6.04 Å². The Bertz CT molecular complexity index is 505. The fraction of sp³-hybridized carbons (Fsp3) is 0.714. The number of aryl methyl sites for hydroxylation is 1. The van der Waals surface area contributed by atoms with E-state index >= 15 is 0 Å². The third-order valence-corrected chi connectivity index (χ3v) is 3.71. The maximum Gasteiger partial charge on any atom is 0.261 e. The molecule has 1 amide bonds. The molecular weight excluding hydrogens is 288 g/mol. The molecule has 1 aromatic rings. The lowest BCUT2D eigenvalue weighted by atomic mass is 10.1. The Labute approximate surface area is 130 Å². The summed E-state index contributed by atoms with van der Waals surface area (Å²) in [6.45, 7) is 2.85. The van der Waals surface area contributed by atoms with Crippen molar-refractivity contribution in [3.8, 4) is 5.88 Å². The second kappa shape index (κ2) is 7.57. The molecule has 8 nitrogen and oxygen atoms in total.